The van der Waals surface area contributed by atoms with Gasteiger partial charge in [0, 0.05) is 29.2 Å². The molecule has 1 fully saturated rings. The second kappa shape index (κ2) is 12.6. The van der Waals surface area contributed by atoms with Crippen LogP contribution in [0.5, 0.6) is 0 Å². The van der Waals surface area contributed by atoms with E-state index in [9.17, 15) is 9.90 Å². The molecular formula is C32H31NO5S. The first-order valence-electron chi connectivity index (χ1n) is 12.9. The number of hydrogen-bond acceptors (Lipinski definition) is 6. The number of nitrogens with two attached hydrogens (primary N) is 1. The molecule has 1 saturated heterocycles. The number of thioether (sulfide) groups is 1. The maximum Gasteiger partial charge on any atom is 0.335 e. The second-order valence-corrected chi connectivity index (χ2v) is 10.6. The number of benzene rings is 4. The van der Waals surface area contributed by atoms with Crippen LogP contribution in [0.3, 0.4) is 0 Å². The minimum Gasteiger partial charge on any atom is -0.478 e. The molecular weight excluding hydrogens is 510 g/mol. The predicted octanol–water partition coefficient (Wildman–Crippen LogP) is 6.34. The zero-order chi connectivity index (χ0) is 27.2. The van der Waals surface area contributed by atoms with Gasteiger partial charge in [0.05, 0.1) is 24.4 Å². The SMILES string of the molecule is NCc1cccc(-c2ccc([C@@H]3O[C@H](CSc4ccc(C(=O)O)cc4)C[C@H](c4ccc(CO)cc4)O3)cc2)c1. The van der Waals surface area contributed by atoms with Crippen LogP contribution in [0, 0.1) is 0 Å². The van der Waals surface area contributed by atoms with Crippen molar-refractivity contribution in [3.63, 3.8) is 0 Å². The van der Waals surface area contributed by atoms with Crippen LogP contribution >= 0.6 is 11.8 Å². The number of carbonyl (C=O) groups is 1. The zero-order valence-electron chi connectivity index (χ0n) is 21.4. The molecule has 0 bridgehead atoms. The van der Waals surface area contributed by atoms with Gasteiger partial charge in [-0.2, -0.15) is 0 Å². The number of carboxylic acids is 1. The van der Waals surface area contributed by atoms with Crippen LogP contribution < -0.4 is 5.73 Å². The van der Waals surface area contributed by atoms with Gasteiger partial charge in [-0.15, -0.1) is 11.8 Å². The van der Waals surface area contributed by atoms with Gasteiger partial charge in [-0.1, -0.05) is 66.7 Å². The molecule has 0 unspecified atom stereocenters. The topological polar surface area (TPSA) is 102 Å². The quantitative estimate of drug-likeness (QED) is 0.213. The van der Waals surface area contributed by atoms with E-state index in [1.54, 1.807) is 23.9 Å². The highest BCUT2D eigenvalue weighted by molar-refractivity contribution is 7.99. The van der Waals surface area contributed by atoms with E-state index in [4.69, 9.17) is 20.3 Å². The number of rotatable bonds is 9. The smallest absolute Gasteiger partial charge is 0.335 e. The van der Waals surface area contributed by atoms with Crippen LogP contribution in [-0.4, -0.2) is 28.0 Å². The average Bonchev–Trinajstić information content (AvgIpc) is 3.00. The summed E-state index contributed by atoms with van der Waals surface area (Å²) < 4.78 is 12.9. The highest BCUT2D eigenvalue weighted by Crippen LogP contribution is 2.40. The Morgan fingerprint density at radius 1 is 0.846 bits per heavy atom. The maximum atomic E-state index is 11.2. The van der Waals surface area contributed by atoms with Crippen molar-refractivity contribution in [3.05, 3.63) is 125 Å². The molecule has 3 atom stereocenters. The van der Waals surface area contributed by atoms with E-state index in [1.807, 2.05) is 60.7 Å². The molecule has 0 aromatic heterocycles. The van der Waals surface area contributed by atoms with Crippen molar-refractivity contribution in [3.8, 4) is 11.1 Å². The van der Waals surface area contributed by atoms with E-state index in [0.29, 0.717) is 18.7 Å². The third-order valence-electron chi connectivity index (χ3n) is 6.83. The largest absolute Gasteiger partial charge is 0.478 e. The lowest BCUT2D eigenvalue weighted by Gasteiger charge is -2.36. The summed E-state index contributed by atoms with van der Waals surface area (Å²) in [5.41, 5.74) is 12.2. The molecule has 39 heavy (non-hydrogen) atoms. The van der Waals surface area contributed by atoms with Gasteiger partial charge in [0.15, 0.2) is 6.29 Å². The van der Waals surface area contributed by atoms with Gasteiger partial charge in [-0.3, -0.25) is 0 Å². The number of aliphatic hydroxyl groups excluding tert-OH is 1. The molecule has 1 heterocycles. The molecule has 0 saturated carbocycles. The van der Waals surface area contributed by atoms with E-state index < -0.39 is 12.3 Å². The summed E-state index contributed by atoms with van der Waals surface area (Å²) in [6, 6.07) is 31.2. The fraction of sp³-hybridized carbons (Fsp3) is 0.219. The molecule has 0 amide bonds. The highest BCUT2D eigenvalue weighted by atomic mass is 32.2. The molecule has 4 aromatic carbocycles. The number of aromatic carboxylic acids is 1. The Labute approximate surface area is 232 Å². The van der Waals surface area contributed by atoms with Gasteiger partial charge in [0.2, 0.25) is 0 Å². The lowest BCUT2D eigenvalue weighted by Crippen LogP contribution is -2.31. The normalized spacial score (nSPS) is 19.1. The van der Waals surface area contributed by atoms with Crippen molar-refractivity contribution in [1.82, 2.24) is 0 Å². The molecule has 0 spiro atoms. The Morgan fingerprint density at radius 2 is 1.56 bits per heavy atom. The van der Waals surface area contributed by atoms with Gasteiger partial charge in [-0.25, -0.2) is 4.79 Å². The van der Waals surface area contributed by atoms with Crippen LogP contribution in [0.15, 0.2) is 102 Å². The summed E-state index contributed by atoms with van der Waals surface area (Å²) in [6.07, 6.45) is -0.113. The van der Waals surface area contributed by atoms with Crippen molar-refractivity contribution in [1.29, 1.82) is 0 Å². The van der Waals surface area contributed by atoms with E-state index >= 15 is 0 Å². The lowest BCUT2D eigenvalue weighted by molar-refractivity contribution is -0.245. The van der Waals surface area contributed by atoms with Gasteiger partial charge in [0.1, 0.15) is 0 Å². The molecule has 4 aromatic rings. The standard InChI is InChI=1S/C32H31NO5S/c33-18-22-2-1-3-27(16-22)23-8-10-26(11-9-23)32-37-28(20-39-29-14-12-25(13-15-29)31(35)36)17-30(38-32)24-6-4-21(19-34)5-7-24/h1-16,28,30,32,34H,17-20,33H2,(H,35,36)/t28-,30+,32+/m0/s1. The highest BCUT2D eigenvalue weighted by Gasteiger charge is 2.32. The van der Waals surface area contributed by atoms with Crippen LogP contribution in [0.1, 0.15) is 51.4 Å². The minimum atomic E-state index is -0.935. The number of aliphatic hydroxyl groups is 1. The molecule has 200 valence electrons. The van der Waals surface area contributed by atoms with Crippen molar-refractivity contribution >= 4 is 17.7 Å². The van der Waals surface area contributed by atoms with Gasteiger partial charge >= 0.3 is 5.97 Å². The molecule has 4 N–H and O–H groups in total. The van der Waals surface area contributed by atoms with Crippen LogP contribution in [-0.2, 0) is 22.6 Å². The predicted molar refractivity (Wildman–Crippen MR) is 152 cm³/mol. The average molecular weight is 542 g/mol. The minimum absolute atomic E-state index is 0.00197. The van der Waals surface area contributed by atoms with E-state index in [-0.39, 0.29) is 24.4 Å². The lowest BCUT2D eigenvalue weighted by atomic mass is 9.99. The van der Waals surface area contributed by atoms with Crippen LogP contribution in [0.25, 0.3) is 11.1 Å². The Balaban J connectivity index is 1.34. The second-order valence-electron chi connectivity index (χ2n) is 9.52. The summed E-state index contributed by atoms with van der Waals surface area (Å²) in [4.78, 5) is 12.2. The number of hydrogen-bond donors (Lipinski definition) is 3. The molecule has 5 rings (SSSR count). The summed E-state index contributed by atoms with van der Waals surface area (Å²) >= 11 is 1.63. The Kier molecular flexibility index (Phi) is 8.76. The van der Waals surface area contributed by atoms with Gasteiger partial charge in [0.25, 0.3) is 0 Å². The monoisotopic (exact) mass is 541 g/mol. The summed E-state index contributed by atoms with van der Waals surface area (Å²) in [6.45, 7) is 0.497. The van der Waals surface area contributed by atoms with Crippen molar-refractivity contribution < 1.29 is 24.5 Å². The fourth-order valence-electron chi connectivity index (χ4n) is 4.62. The van der Waals surface area contributed by atoms with Gasteiger partial charge in [-0.05, 0) is 58.1 Å². The number of ether oxygens (including phenoxy) is 2. The Morgan fingerprint density at radius 3 is 2.23 bits per heavy atom. The Hall–Kier alpha value is -3.46. The summed E-state index contributed by atoms with van der Waals surface area (Å²) in [5, 5.41) is 18.6. The third kappa shape index (κ3) is 6.76. The third-order valence-corrected chi connectivity index (χ3v) is 7.97. The molecule has 6 nitrogen and oxygen atoms in total. The zero-order valence-corrected chi connectivity index (χ0v) is 22.2. The first-order chi connectivity index (χ1) is 19.0. The summed E-state index contributed by atoms with van der Waals surface area (Å²) in [7, 11) is 0. The van der Waals surface area contributed by atoms with Crippen LogP contribution in [0.4, 0.5) is 0 Å². The fourth-order valence-corrected chi connectivity index (χ4v) is 5.54. The molecule has 0 radical (unpaired) electrons. The van der Waals surface area contributed by atoms with Crippen molar-refractivity contribution in [2.24, 2.45) is 5.73 Å². The van der Waals surface area contributed by atoms with Gasteiger partial charge < -0.3 is 25.4 Å². The number of carboxylic acid groups (broad SMARTS) is 1. The van der Waals surface area contributed by atoms with Crippen molar-refractivity contribution in [2.75, 3.05) is 5.75 Å². The molecule has 1 aliphatic rings. The van der Waals surface area contributed by atoms with Crippen molar-refractivity contribution in [2.45, 2.75) is 43.0 Å². The first-order valence-corrected chi connectivity index (χ1v) is 13.9. The maximum absolute atomic E-state index is 11.2. The summed E-state index contributed by atoms with van der Waals surface area (Å²) in [5.74, 6) is -0.239. The van der Waals surface area contributed by atoms with E-state index in [1.165, 1.54) is 0 Å². The van der Waals surface area contributed by atoms with Crippen LogP contribution in [0.2, 0.25) is 0 Å². The first kappa shape index (κ1) is 27.1. The van der Waals surface area contributed by atoms with E-state index in [0.717, 1.165) is 38.3 Å². The molecule has 1 aliphatic heterocycles. The molecule has 7 heteroatoms. The molecule has 0 aliphatic carbocycles. The van der Waals surface area contributed by atoms with E-state index in [2.05, 4.69) is 24.3 Å². The Bertz CT molecular complexity index is 1390.